The molecular weight excluding hydrogens is 509 g/mol. The van der Waals surface area contributed by atoms with Gasteiger partial charge in [0.1, 0.15) is 0 Å². The molecule has 0 aliphatic carbocycles. The lowest BCUT2D eigenvalue weighted by molar-refractivity contribution is 0.0942. The van der Waals surface area contributed by atoms with Gasteiger partial charge in [0.15, 0.2) is 5.43 Å². The smallest absolute Gasteiger partial charge is 0.252 e. The van der Waals surface area contributed by atoms with Gasteiger partial charge in [-0.2, -0.15) is 0 Å². The number of amides is 1. The van der Waals surface area contributed by atoms with Crippen molar-refractivity contribution in [3.05, 3.63) is 150 Å². The predicted molar refractivity (Wildman–Crippen MR) is 147 cm³/mol. The number of hydrogen-bond acceptors (Lipinski definition) is 3. The number of carbonyl (C=O) groups excluding carboxylic acids is 1. The average Bonchev–Trinajstić information content (AvgIpc) is 2.90. The second-order valence-electron chi connectivity index (χ2n) is 8.59. The first-order valence-corrected chi connectivity index (χ1v) is 12.3. The number of aromatic amines is 1. The highest BCUT2D eigenvalue weighted by Crippen LogP contribution is 2.23. The Morgan fingerprint density at radius 2 is 1.62 bits per heavy atom. The van der Waals surface area contributed by atoms with E-state index in [0.717, 1.165) is 11.1 Å². The number of benzene rings is 3. The first-order valence-electron chi connectivity index (χ1n) is 11.5. The Morgan fingerprint density at radius 1 is 0.892 bits per heavy atom. The predicted octanol–water partition coefficient (Wildman–Crippen LogP) is 5.56. The molecule has 6 nitrogen and oxygen atoms in total. The van der Waals surface area contributed by atoms with Crippen LogP contribution >= 0.6 is 23.2 Å². The summed E-state index contributed by atoms with van der Waals surface area (Å²) in [7, 11) is 0. The fourth-order valence-corrected chi connectivity index (χ4v) is 4.49. The van der Waals surface area contributed by atoms with Gasteiger partial charge in [0.05, 0.1) is 18.1 Å². The molecule has 0 radical (unpaired) electrons. The molecule has 0 saturated heterocycles. The van der Waals surface area contributed by atoms with Crippen LogP contribution in [0.2, 0.25) is 10.0 Å². The third kappa shape index (κ3) is 5.35. The molecule has 0 aliphatic rings. The second-order valence-corrected chi connectivity index (χ2v) is 9.46. The molecule has 184 valence electrons. The van der Waals surface area contributed by atoms with E-state index >= 15 is 0 Å². The number of nitrogens with zero attached hydrogens (tertiary/aromatic N) is 1. The molecule has 0 aliphatic heterocycles. The van der Waals surface area contributed by atoms with Gasteiger partial charge in [0.2, 0.25) is 0 Å². The summed E-state index contributed by atoms with van der Waals surface area (Å²) in [5.74, 6) is -0.472. The van der Waals surface area contributed by atoms with E-state index in [1.165, 1.54) is 10.6 Å². The zero-order chi connectivity index (χ0) is 25.9. The maximum absolute atomic E-state index is 13.4. The lowest BCUT2D eigenvalue weighted by Gasteiger charge is -2.20. The molecule has 1 amide bonds. The van der Waals surface area contributed by atoms with E-state index in [-0.39, 0.29) is 16.6 Å². The van der Waals surface area contributed by atoms with E-state index in [1.54, 1.807) is 48.8 Å². The van der Waals surface area contributed by atoms with E-state index in [4.69, 9.17) is 23.2 Å². The first kappa shape index (κ1) is 24.6. The summed E-state index contributed by atoms with van der Waals surface area (Å²) in [5, 5.41) is 4.52. The molecule has 8 heteroatoms. The Hall–Kier alpha value is -4.13. The summed E-state index contributed by atoms with van der Waals surface area (Å²) in [6, 6.07) is 23.5. The van der Waals surface area contributed by atoms with Crippen LogP contribution in [0.15, 0.2) is 107 Å². The van der Waals surface area contributed by atoms with Crippen LogP contribution in [0, 0.1) is 0 Å². The molecule has 1 atom stereocenters. The standard InChI is InChI=1S/C29H21Cl2N3O3/c30-21-8-6-18(7-9-21)17-34-13-12-20(14-26(34)35)29(37)33-27(19-4-2-1-3-5-19)24-16-32-25-15-22(31)10-11-23(25)28(24)36/h1-16,27H,17H2,(H,32,36)(H,33,37). The third-order valence-electron chi connectivity index (χ3n) is 6.12. The summed E-state index contributed by atoms with van der Waals surface area (Å²) >= 11 is 12.0. The normalized spacial score (nSPS) is 11.8. The van der Waals surface area contributed by atoms with E-state index in [2.05, 4.69) is 10.3 Å². The van der Waals surface area contributed by atoms with Gasteiger partial charge in [-0.05, 0) is 47.5 Å². The van der Waals surface area contributed by atoms with Crippen molar-refractivity contribution in [2.45, 2.75) is 12.6 Å². The van der Waals surface area contributed by atoms with E-state index < -0.39 is 11.9 Å². The van der Waals surface area contributed by atoms with Crippen LogP contribution in [0.1, 0.15) is 33.1 Å². The largest absolute Gasteiger partial charge is 0.361 e. The molecule has 3 aromatic carbocycles. The quantitative estimate of drug-likeness (QED) is 0.301. The van der Waals surface area contributed by atoms with Crippen LogP contribution < -0.4 is 16.3 Å². The van der Waals surface area contributed by atoms with Crippen molar-refractivity contribution in [2.75, 3.05) is 0 Å². The van der Waals surface area contributed by atoms with Gasteiger partial charge in [-0.25, -0.2) is 0 Å². The minimum absolute atomic E-state index is 0.197. The Balaban J connectivity index is 1.46. The van der Waals surface area contributed by atoms with Crippen LogP contribution in [-0.2, 0) is 6.54 Å². The van der Waals surface area contributed by atoms with Crippen molar-refractivity contribution < 1.29 is 4.79 Å². The van der Waals surface area contributed by atoms with Crippen LogP contribution in [0.25, 0.3) is 10.9 Å². The Morgan fingerprint density at radius 3 is 2.35 bits per heavy atom. The number of aromatic nitrogens is 2. The van der Waals surface area contributed by atoms with Crippen LogP contribution in [0.4, 0.5) is 0 Å². The Labute approximate surface area is 222 Å². The molecule has 2 heterocycles. The van der Waals surface area contributed by atoms with Crippen LogP contribution in [0.5, 0.6) is 0 Å². The number of carbonyl (C=O) groups is 1. The number of pyridine rings is 2. The molecule has 5 rings (SSSR count). The fourth-order valence-electron chi connectivity index (χ4n) is 4.19. The lowest BCUT2D eigenvalue weighted by Crippen LogP contribution is -2.33. The van der Waals surface area contributed by atoms with E-state index in [0.29, 0.717) is 33.1 Å². The minimum Gasteiger partial charge on any atom is -0.361 e. The summed E-state index contributed by atoms with van der Waals surface area (Å²) in [6.07, 6.45) is 3.17. The molecule has 2 N–H and O–H groups in total. The summed E-state index contributed by atoms with van der Waals surface area (Å²) in [4.78, 5) is 42.5. The van der Waals surface area contributed by atoms with Gasteiger partial charge >= 0.3 is 0 Å². The Kier molecular flexibility index (Phi) is 6.95. The van der Waals surface area contributed by atoms with Crippen molar-refractivity contribution in [3.8, 4) is 0 Å². The summed E-state index contributed by atoms with van der Waals surface area (Å²) in [5.41, 5.74) is 2.25. The van der Waals surface area contributed by atoms with Crippen LogP contribution in [-0.4, -0.2) is 15.5 Å². The van der Waals surface area contributed by atoms with E-state index in [9.17, 15) is 14.4 Å². The molecule has 1 unspecified atom stereocenters. The van der Waals surface area contributed by atoms with Gasteiger partial charge in [0, 0.05) is 45.0 Å². The molecule has 2 aromatic heterocycles. The number of hydrogen-bond donors (Lipinski definition) is 2. The molecule has 0 saturated carbocycles. The van der Waals surface area contributed by atoms with Gasteiger partial charge < -0.3 is 14.9 Å². The lowest BCUT2D eigenvalue weighted by atomic mass is 9.98. The number of fused-ring (bicyclic) bond motifs is 1. The van der Waals surface area contributed by atoms with Crippen molar-refractivity contribution in [2.24, 2.45) is 0 Å². The maximum Gasteiger partial charge on any atom is 0.252 e. The van der Waals surface area contributed by atoms with Crippen molar-refractivity contribution in [1.82, 2.24) is 14.9 Å². The third-order valence-corrected chi connectivity index (χ3v) is 6.60. The monoisotopic (exact) mass is 529 g/mol. The zero-order valence-electron chi connectivity index (χ0n) is 19.4. The first-order chi connectivity index (χ1) is 17.9. The van der Waals surface area contributed by atoms with Crippen molar-refractivity contribution in [3.63, 3.8) is 0 Å². The summed E-state index contributed by atoms with van der Waals surface area (Å²) < 4.78 is 1.51. The number of nitrogens with one attached hydrogen (secondary N) is 2. The molecule has 0 spiro atoms. The maximum atomic E-state index is 13.4. The zero-order valence-corrected chi connectivity index (χ0v) is 21.0. The van der Waals surface area contributed by atoms with Gasteiger partial charge in [-0.3, -0.25) is 14.4 Å². The highest BCUT2D eigenvalue weighted by molar-refractivity contribution is 6.31. The number of halogens is 2. The average molecular weight is 530 g/mol. The second kappa shape index (κ2) is 10.5. The van der Waals surface area contributed by atoms with Crippen molar-refractivity contribution >= 4 is 40.0 Å². The van der Waals surface area contributed by atoms with Crippen molar-refractivity contribution in [1.29, 1.82) is 0 Å². The fraction of sp³-hybridized carbons (Fsp3) is 0.0690. The molecule has 0 fully saturated rings. The summed E-state index contributed by atoms with van der Waals surface area (Å²) in [6.45, 7) is 0.348. The topological polar surface area (TPSA) is 84.0 Å². The minimum atomic E-state index is -0.742. The molecular formula is C29H21Cl2N3O3. The number of rotatable bonds is 6. The SMILES string of the molecule is O=C(NC(c1ccccc1)c1c[nH]c2cc(Cl)ccc2c1=O)c1ccn(Cc2ccc(Cl)cc2)c(=O)c1. The number of H-pyrrole nitrogens is 1. The molecule has 5 aromatic rings. The Bertz CT molecular complexity index is 1710. The van der Waals surface area contributed by atoms with E-state index in [1.807, 2.05) is 42.5 Å². The highest BCUT2D eigenvalue weighted by Gasteiger charge is 2.22. The molecule has 37 heavy (non-hydrogen) atoms. The van der Waals surface area contributed by atoms with Gasteiger partial charge in [0.25, 0.3) is 11.5 Å². The van der Waals surface area contributed by atoms with Gasteiger partial charge in [-0.1, -0.05) is 65.7 Å². The van der Waals surface area contributed by atoms with Crippen LogP contribution in [0.3, 0.4) is 0 Å². The highest BCUT2D eigenvalue weighted by atomic mass is 35.5. The molecule has 0 bridgehead atoms. The van der Waals surface area contributed by atoms with Gasteiger partial charge in [-0.15, -0.1) is 0 Å².